The van der Waals surface area contributed by atoms with E-state index in [4.69, 9.17) is 10.0 Å². The monoisotopic (exact) mass is 564 g/mol. The van der Waals surface area contributed by atoms with E-state index in [1.54, 1.807) is 0 Å². The summed E-state index contributed by atoms with van der Waals surface area (Å²) < 4.78 is 270. The number of rotatable bonds is 9. The van der Waals surface area contributed by atoms with Crippen molar-refractivity contribution < 1.29 is 102 Å². The van der Waals surface area contributed by atoms with Crippen LogP contribution < -0.4 is 0 Å². The van der Waals surface area contributed by atoms with Crippen LogP contribution in [0.4, 0.5) is 92.2 Å². The van der Waals surface area contributed by atoms with E-state index in [1.807, 2.05) is 0 Å². The van der Waals surface area contributed by atoms with E-state index in [2.05, 4.69) is 0 Å². The Morgan fingerprint density at radius 2 is 0.471 bits per heavy atom. The quantitative estimate of drug-likeness (QED) is 0.296. The maximum atomic E-state index is 13.3. The zero-order chi connectivity index (χ0) is 28.6. The van der Waals surface area contributed by atoms with Gasteiger partial charge in [0.15, 0.2) is 0 Å². The third kappa shape index (κ3) is 3.64. The number of hydrogen-bond acceptors (Lipinski definition) is 2. The van der Waals surface area contributed by atoms with E-state index in [1.165, 1.54) is 0 Å². The van der Waals surface area contributed by atoms with Crippen LogP contribution in [0.2, 0.25) is 0 Å². The molecule has 0 rings (SSSR count). The van der Waals surface area contributed by atoms with Crippen molar-refractivity contribution in [2.24, 2.45) is 0 Å². The van der Waals surface area contributed by atoms with Crippen molar-refractivity contribution in [2.45, 2.75) is 59.4 Å². The lowest BCUT2D eigenvalue weighted by Gasteiger charge is -2.44. The van der Waals surface area contributed by atoms with Crippen LogP contribution in [0.25, 0.3) is 0 Å². The summed E-state index contributed by atoms with van der Waals surface area (Å²) in [6, 6.07) is 0. The van der Waals surface area contributed by atoms with Gasteiger partial charge in [-0.2, -0.15) is 83.4 Å². The summed E-state index contributed by atoms with van der Waals surface area (Å²) in [6.07, 6.45) is -8.04. The summed E-state index contributed by atoms with van der Waals surface area (Å²) in [7, 11) is -5.20. The molecule has 0 amide bonds. The average Bonchev–Trinajstić information content (AvgIpc) is 2.58. The Morgan fingerprint density at radius 3 is 0.647 bits per heavy atom. The zero-order valence-corrected chi connectivity index (χ0v) is 14.4. The molecular formula is C10H2BF21O2. The summed E-state index contributed by atoms with van der Waals surface area (Å²) in [5.41, 5.74) is 0. The van der Waals surface area contributed by atoms with Crippen molar-refractivity contribution in [3.63, 3.8) is 0 Å². The minimum atomic E-state index is -9.26. The topological polar surface area (TPSA) is 40.5 Å². The fraction of sp³-hybridized carbons (Fsp3) is 1.00. The molecule has 0 spiro atoms. The Balaban J connectivity index is 7.08. The van der Waals surface area contributed by atoms with Gasteiger partial charge in [-0.3, -0.25) is 0 Å². The predicted molar refractivity (Wildman–Crippen MR) is 60.8 cm³/mol. The van der Waals surface area contributed by atoms with Gasteiger partial charge >= 0.3 is 66.5 Å². The van der Waals surface area contributed by atoms with Crippen molar-refractivity contribution in [1.29, 1.82) is 0 Å². The molecule has 0 aromatic rings. The molecule has 204 valence electrons. The molecule has 0 aliphatic rings. The summed E-state index contributed by atoms with van der Waals surface area (Å²) in [6.45, 7) is 0. The zero-order valence-electron chi connectivity index (χ0n) is 14.4. The van der Waals surface area contributed by atoms with Crippen LogP contribution >= 0.6 is 0 Å². The molecule has 0 radical (unpaired) electrons. The fourth-order valence-electron chi connectivity index (χ4n) is 1.73. The first-order valence-electron chi connectivity index (χ1n) is 7.02. The normalized spacial score (nSPS) is 16.7. The Labute approximate surface area is 170 Å². The SMILES string of the molecule is OB(O)C(F)(F)C(F)(F)C(F)(F)C(F)(F)C(F)(F)C(F)(F)C(F)(F)C(F)(F)C(F)(F)C(F)(F)F. The number of alkyl halides is 21. The van der Waals surface area contributed by atoms with Crippen molar-refractivity contribution in [3.05, 3.63) is 0 Å². The third-order valence-corrected chi connectivity index (χ3v) is 3.86. The summed E-state index contributed by atoms with van der Waals surface area (Å²) in [5.74, 6) is -78.8. The smallest absolute Gasteiger partial charge is 0.423 e. The van der Waals surface area contributed by atoms with Gasteiger partial charge in [0.25, 0.3) is 0 Å². The first kappa shape index (κ1) is 32.5. The van der Waals surface area contributed by atoms with Crippen LogP contribution in [0.15, 0.2) is 0 Å². The van der Waals surface area contributed by atoms with Crippen molar-refractivity contribution in [3.8, 4) is 0 Å². The summed E-state index contributed by atoms with van der Waals surface area (Å²) >= 11 is 0. The van der Waals surface area contributed by atoms with Gasteiger partial charge in [0, 0.05) is 0 Å². The molecule has 0 bridgehead atoms. The van der Waals surface area contributed by atoms with Gasteiger partial charge in [-0.15, -0.1) is 0 Å². The second kappa shape index (κ2) is 7.75. The maximum absolute atomic E-state index is 13.3. The van der Waals surface area contributed by atoms with Crippen molar-refractivity contribution in [1.82, 2.24) is 0 Å². The molecule has 0 aromatic carbocycles. The van der Waals surface area contributed by atoms with E-state index in [0.29, 0.717) is 0 Å². The molecule has 0 fully saturated rings. The first-order chi connectivity index (χ1) is 14.2. The molecule has 24 heteroatoms. The van der Waals surface area contributed by atoms with Crippen molar-refractivity contribution in [2.75, 3.05) is 0 Å². The Morgan fingerprint density at radius 1 is 0.294 bits per heavy atom. The van der Waals surface area contributed by atoms with E-state index in [0.717, 1.165) is 0 Å². The minimum absolute atomic E-state index is 5.20. The molecule has 0 aliphatic carbocycles. The molecule has 34 heavy (non-hydrogen) atoms. The molecule has 0 atom stereocenters. The van der Waals surface area contributed by atoms with Crippen molar-refractivity contribution >= 4 is 7.12 Å². The molecule has 2 N–H and O–H groups in total. The second-order valence-corrected chi connectivity index (χ2v) is 6.09. The third-order valence-electron chi connectivity index (χ3n) is 3.86. The van der Waals surface area contributed by atoms with Gasteiger partial charge < -0.3 is 10.0 Å². The first-order valence-corrected chi connectivity index (χ1v) is 7.02. The largest absolute Gasteiger partial charge is 0.536 e. The molecule has 0 aromatic heterocycles. The molecule has 0 heterocycles. The Hall–Kier alpha value is -1.49. The maximum Gasteiger partial charge on any atom is 0.536 e. The van der Waals surface area contributed by atoms with Gasteiger partial charge in [-0.1, -0.05) is 0 Å². The molecular weight excluding hydrogens is 562 g/mol. The van der Waals surface area contributed by atoms with Crippen LogP contribution in [0, 0.1) is 0 Å². The Kier molecular flexibility index (Phi) is 7.42. The molecule has 0 saturated carbocycles. The van der Waals surface area contributed by atoms with Gasteiger partial charge in [-0.05, 0) is 0 Å². The van der Waals surface area contributed by atoms with Gasteiger partial charge in [-0.25, -0.2) is 8.78 Å². The van der Waals surface area contributed by atoms with Crippen LogP contribution in [-0.4, -0.2) is 76.5 Å². The van der Waals surface area contributed by atoms with Gasteiger partial charge in [0.2, 0.25) is 0 Å². The lowest BCUT2D eigenvalue weighted by atomic mass is 9.73. The van der Waals surface area contributed by atoms with Crippen LogP contribution in [0.1, 0.15) is 0 Å². The molecule has 0 saturated heterocycles. The van der Waals surface area contributed by atoms with E-state index < -0.39 is 66.5 Å². The lowest BCUT2D eigenvalue weighted by molar-refractivity contribution is -0.472. The molecule has 2 nitrogen and oxygen atoms in total. The van der Waals surface area contributed by atoms with Gasteiger partial charge in [0.05, 0.1) is 0 Å². The van der Waals surface area contributed by atoms with E-state index in [-0.39, 0.29) is 0 Å². The van der Waals surface area contributed by atoms with Crippen LogP contribution in [0.3, 0.4) is 0 Å². The highest BCUT2D eigenvalue weighted by atomic mass is 19.4. The highest BCUT2D eigenvalue weighted by Gasteiger charge is 2.98. The van der Waals surface area contributed by atoms with E-state index >= 15 is 0 Å². The highest BCUT2D eigenvalue weighted by Crippen LogP contribution is 2.66. The number of halogens is 21. The standard InChI is InChI=1S/C10H2BF21O2/c12-1(13,3(16,17)5(20,21)7(24,25)9(28,29)11(33)34)2(14,15)4(18,19)6(22,23)8(26,27)10(30,31)32/h33-34H. The molecule has 0 aliphatic heterocycles. The second-order valence-electron chi connectivity index (χ2n) is 6.09. The summed E-state index contributed by atoms with van der Waals surface area (Å²) in [4.78, 5) is 0. The fourth-order valence-corrected chi connectivity index (χ4v) is 1.73. The molecule has 0 unspecified atom stereocenters. The predicted octanol–water partition coefficient (Wildman–Crippen LogP) is 5.28. The van der Waals surface area contributed by atoms with Crippen LogP contribution in [-0.2, 0) is 0 Å². The lowest BCUT2D eigenvalue weighted by Crippen LogP contribution is -2.77. The Bertz CT molecular complexity index is 751. The summed E-state index contributed by atoms with van der Waals surface area (Å²) in [5, 5.41) is 15.6. The van der Waals surface area contributed by atoms with E-state index in [9.17, 15) is 92.2 Å². The average molecular weight is 564 g/mol. The minimum Gasteiger partial charge on any atom is -0.423 e. The van der Waals surface area contributed by atoms with Crippen LogP contribution in [0.5, 0.6) is 0 Å². The number of hydrogen-bond donors (Lipinski definition) is 2. The highest BCUT2D eigenvalue weighted by molar-refractivity contribution is 6.44. The van der Waals surface area contributed by atoms with Gasteiger partial charge in [0.1, 0.15) is 0 Å².